The van der Waals surface area contributed by atoms with Gasteiger partial charge in [-0.2, -0.15) is 0 Å². The Morgan fingerprint density at radius 3 is 1.64 bits per heavy atom. The fourth-order valence-corrected chi connectivity index (χ4v) is 3.26. The van der Waals surface area contributed by atoms with Gasteiger partial charge in [-0.25, -0.2) is 0 Å². The van der Waals surface area contributed by atoms with Crippen LogP contribution in [-0.2, 0) is 6.42 Å². The molecule has 1 aromatic rings. The normalized spacial score (nSPS) is 11.0. The molecule has 0 radical (unpaired) electrons. The van der Waals surface area contributed by atoms with Crippen LogP contribution in [-0.4, -0.2) is 18.3 Å². The van der Waals surface area contributed by atoms with E-state index in [-0.39, 0.29) is 6.61 Å². The lowest BCUT2D eigenvalue weighted by atomic mass is 10.0. The lowest BCUT2D eigenvalue weighted by Gasteiger charge is -2.06. The van der Waals surface area contributed by atoms with Crippen LogP contribution in [0.2, 0.25) is 0 Å². The van der Waals surface area contributed by atoms with E-state index in [1.165, 1.54) is 89.0 Å². The van der Waals surface area contributed by atoms with Crippen molar-refractivity contribution in [3.63, 3.8) is 0 Å². The van der Waals surface area contributed by atoms with Gasteiger partial charge < -0.3 is 9.84 Å². The molecular formula is C23H40O2. The van der Waals surface area contributed by atoms with Crippen molar-refractivity contribution in [3.05, 3.63) is 29.8 Å². The van der Waals surface area contributed by atoms with E-state index in [2.05, 4.69) is 19.1 Å². The van der Waals surface area contributed by atoms with E-state index < -0.39 is 0 Å². The van der Waals surface area contributed by atoms with Crippen LogP contribution in [0.1, 0.15) is 96.0 Å². The van der Waals surface area contributed by atoms with Gasteiger partial charge in [0.2, 0.25) is 0 Å². The molecule has 144 valence electrons. The summed E-state index contributed by atoms with van der Waals surface area (Å²) in [6.07, 6.45) is 19.4. The summed E-state index contributed by atoms with van der Waals surface area (Å²) < 4.78 is 5.38. The number of hydrogen-bond acceptors (Lipinski definition) is 2. The van der Waals surface area contributed by atoms with Crippen LogP contribution < -0.4 is 4.74 Å². The molecule has 0 aliphatic carbocycles. The largest absolute Gasteiger partial charge is 0.491 e. The summed E-state index contributed by atoms with van der Waals surface area (Å²) in [5.74, 6) is 0.850. The first-order chi connectivity index (χ1) is 12.4. The highest BCUT2D eigenvalue weighted by Gasteiger charge is 1.97. The predicted octanol–water partition coefficient (Wildman–Crippen LogP) is 6.69. The summed E-state index contributed by atoms with van der Waals surface area (Å²) >= 11 is 0. The molecule has 2 heteroatoms. The Morgan fingerprint density at radius 2 is 1.16 bits per heavy atom. The van der Waals surface area contributed by atoms with Crippen molar-refractivity contribution in [2.24, 2.45) is 0 Å². The zero-order valence-corrected chi connectivity index (χ0v) is 16.5. The van der Waals surface area contributed by atoms with Crippen LogP contribution in [0.15, 0.2) is 24.3 Å². The lowest BCUT2D eigenvalue weighted by molar-refractivity contribution is 0.201. The number of ether oxygens (including phenoxy) is 1. The zero-order valence-electron chi connectivity index (χ0n) is 16.5. The number of hydrogen-bond donors (Lipinski definition) is 1. The molecule has 0 atom stereocenters. The second-order valence-corrected chi connectivity index (χ2v) is 7.21. The Kier molecular flexibility index (Phi) is 14.5. The van der Waals surface area contributed by atoms with Crippen molar-refractivity contribution in [3.8, 4) is 5.75 Å². The molecule has 0 saturated heterocycles. The van der Waals surface area contributed by atoms with E-state index in [1.54, 1.807) is 0 Å². The zero-order chi connectivity index (χ0) is 18.0. The van der Waals surface area contributed by atoms with Crippen molar-refractivity contribution >= 4 is 0 Å². The molecular weight excluding hydrogens is 308 g/mol. The molecule has 0 bridgehead atoms. The molecule has 1 aromatic carbocycles. The Hall–Kier alpha value is -1.02. The van der Waals surface area contributed by atoms with Crippen LogP contribution in [0, 0.1) is 0 Å². The quantitative estimate of drug-likeness (QED) is 0.318. The lowest BCUT2D eigenvalue weighted by Crippen LogP contribution is -2.01. The van der Waals surface area contributed by atoms with Gasteiger partial charge in [-0.05, 0) is 30.5 Å². The average Bonchev–Trinajstić information content (AvgIpc) is 2.65. The molecule has 0 aliphatic rings. The Balaban J connectivity index is 1.87. The van der Waals surface area contributed by atoms with Gasteiger partial charge in [0, 0.05) is 0 Å². The monoisotopic (exact) mass is 348 g/mol. The third-order valence-corrected chi connectivity index (χ3v) is 4.85. The van der Waals surface area contributed by atoms with E-state index in [1.807, 2.05) is 12.1 Å². The molecule has 1 rings (SSSR count). The minimum atomic E-state index is 0.0701. The van der Waals surface area contributed by atoms with E-state index in [0.717, 1.165) is 12.2 Å². The minimum Gasteiger partial charge on any atom is -0.491 e. The number of unbranched alkanes of at least 4 members (excludes halogenated alkanes) is 12. The van der Waals surface area contributed by atoms with E-state index in [9.17, 15) is 0 Å². The molecule has 0 spiro atoms. The minimum absolute atomic E-state index is 0.0701. The first-order valence-corrected chi connectivity index (χ1v) is 10.7. The molecule has 0 saturated carbocycles. The second-order valence-electron chi connectivity index (χ2n) is 7.21. The van der Waals surface area contributed by atoms with Crippen LogP contribution in [0.25, 0.3) is 0 Å². The highest BCUT2D eigenvalue weighted by Crippen LogP contribution is 2.16. The van der Waals surface area contributed by atoms with Gasteiger partial charge in [-0.1, -0.05) is 96.1 Å². The molecule has 1 N–H and O–H groups in total. The highest BCUT2D eigenvalue weighted by atomic mass is 16.5. The second kappa shape index (κ2) is 16.4. The molecule has 0 aliphatic heterocycles. The summed E-state index contributed by atoms with van der Waals surface area (Å²) in [6, 6.07) is 8.31. The molecule has 25 heavy (non-hydrogen) atoms. The maximum atomic E-state index is 8.74. The van der Waals surface area contributed by atoms with Crippen molar-refractivity contribution in [2.45, 2.75) is 96.8 Å². The first kappa shape index (κ1) is 22.0. The summed E-state index contributed by atoms with van der Waals surface area (Å²) in [7, 11) is 0. The smallest absolute Gasteiger partial charge is 0.119 e. The van der Waals surface area contributed by atoms with Crippen LogP contribution >= 0.6 is 0 Å². The maximum absolute atomic E-state index is 8.74. The Bertz CT molecular complexity index is 386. The fourth-order valence-electron chi connectivity index (χ4n) is 3.26. The molecule has 2 nitrogen and oxygen atoms in total. The van der Waals surface area contributed by atoms with Crippen LogP contribution in [0.3, 0.4) is 0 Å². The predicted molar refractivity (Wildman–Crippen MR) is 108 cm³/mol. The van der Waals surface area contributed by atoms with E-state index in [4.69, 9.17) is 9.84 Å². The number of aliphatic hydroxyl groups is 1. The molecule has 0 amide bonds. The Morgan fingerprint density at radius 1 is 0.680 bits per heavy atom. The van der Waals surface area contributed by atoms with Gasteiger partial charge in [0.05, 0.1) is 6.61 Å². The van der Waals surface area contributed by atoms with Gasteiger partial charge in [0.25, 0.3) is 0 Å². The molecule has 0 heterocycles. The third kappa shape index (κ3) is 12.9. The summed E-state index contributed by atoms with van der Waals surface area (Å²) in [4.78, 5) is 0. The number of rotatable bonds is 17. The van der Waals surface area contributed by atoms with Crippen LogP contribution in [0.4, 0.5) is 0 Å². The molecule has 0 fully saturated rings. The molecule has 0 unspecified atom stereocenters. The van der Waals surface area contributed by atoms with Gasteiger partial charge in [-0.3, -0.25) is 0 Å². The van der Waals surface area contributed by atoms with Crippen molar-refractivity contribution in [1.29, 1.82) is 0 Å². The summed E-state index contributed by atoms with van der Waals surface area (Å²) in [5, 5.41) is 8.74. The maximum Gasteiger partial charge on any atom is 0.119 e. The highest BCUT2D eigenvalue weighted by molar-refractivity contribution is 5.27. The van der Waals surface area contributed by atoms with E-state index >= 15 is 0 Å². The third-order valence-electron chi connectivity index (χ3n) is 4.85. The van der Waals surface area contributed by atoms with Crippen molar-refractivity contribution in [2.75, 3.05) is 13.2 Å². The van der Waals surface area contributed by atoms with Crippen molar-refractivity contribution < 1.29 is 9.84 Å². The van der Waals surface area contributed by atoms with Gasteiger partial charge in [0.15, 0.2) is 0 Å². The molecule has 0 aromatic heterocycles. The standard InChI is InChI=1S/C23H40O2/c1-2-3-4-5-6-7-8-9-10-11-12-13-14-15-22-16-18-23(19-17-22)25-21-20-24/h16-19,24H,2-15,20-21H2,1H3. The average molecular weight is 349 g/mol. The number of benzene rings is 1. The fraction of sp³-hybridized carbons (Fsp3) is 0.739. The number of aliphatic hydroxyl groups excluding tert-OH is 1. The van der Waals surface area contributed by atoms with Crippen molar-refractivity contribution in [1.82, 2.24) is 0 Å². The topological polar surface area (TPSA) is 29.5 Å². The van der Waals surface area contributed by atoms with E-state index in [0.29, 0.717) is 6.61 Å². The summed E-state index contributed by atoms with van der Waals surface area (Å²) in [5.41, 5.74) is 1.39. The van der Waals surface area contributed by atoms with Gasteiger partial charge >= 0.3 is 0 Å². The van der Waals surface area contributed by atoms with Crippen LogP contribution in [0.5, 0.6) is 5.75 Å². The number of aryl methyl sites for hydroxylation is 1. The summed E-state index contributed by atoms with van der Waals surface area (Å²) in [6.45, 7) is 2.73. The van der Waals surface area contributed by atoms with Gasteiger partial charge in [0.1, 0.15) is 12.4 Å². The van der Waals surface area contributed by atoms with Gasteiger partial charge in [-0.15, -0.1) is 0 Å². The first-order valence-electron chi connectivity index (χ1n) is 10.7. The Labute approximate surface area is 156 Å². The SMILES string of the molecule is CCCCCCCCCCCCCCCc1ccc(OCCO)cc1.